The highest BCUT2D eigenvalue weighted by Gasteiger charge is 2.15. The summed E-state index contributed by atoms with van der Waals surface area (Å²) in [4.78, 5) is 0. The van der Waals surface area contributed by atoms with Gasteiger partial charge in [-0.3, -0.25) is 0 Å². The highest BCUT2D eigenvalue weighted by Crippen LogP contribution is 1.98. The minimum Gasteiger partial charge on any atom is -0.354 e. The molecule has 0 radical (unpaired) electrons. The van der Waals surface area contributed by atoms with Crippen molar-refractivity contribution >= 4 is 9.84 Å². The molecule has 0 heterocycles. The van der Waals surface area contributed by atoms with Crippen LogP contribution < -0.4 is 5.32 Å². The van der Waals surface area contributed by atoms with E-state index in [9.17, 15) is 8.42 Å². The van der Waals surface area contributed by atoms with Crippen molar-refractivity contribution in [3.8, 4) is 0 Å². The van der Waals surface area contributed by atoms with Crippen LogP contribution >= 0.6 is 0 Å². The van der Waals surface area contributed by atoms with E-state index in [1.54, 1.807) is 21.1 Å². The van der Waals surface area contributed by atoms with Gasteiger partial charge in [0.15, 0.2) is 16.1 Å². The number of ether oxygens (including phenoxy) is 2. The second kappa shape index (κ2) is 7.16. The van der Waals surface area contributed by atoms with Gasteiger partial charge in [-0.1, -0.05) is 6.92 Å². The monoisotopic (exact) mass is 239 g/mol. The minimum atomic E-state index is -2.90. The summed E-state index contributed by atoms with van der Waals surface area (Å²) >= 11 is 0. The van der Waals surface area contributed by atoms with E-state index in [1.165, 1.54) is 0 Å². The smallest absolute Gasteiger partial charge is 0.171 e. The number of methoxy groups -OCH3 is 2. The van der Waals surface area contributed by atoms with E-state index in [4.69, 9.17) is 9.47 Å². The Bertz CT molecular complexity index is 249. The maximum Gasteiger partial charge on any atom is 0.171 e. The summed E-state index contributed by atoms with van der Waals surface area (Å²) in [7, 11) is 0.203. The lowest BCUT2D eigenvalue weighted by Crippen LogP contribution is -2.41. The van der Waals surface area contributed by atoms with E-state index in [0.717, 1.165) is 0 Å². The van der Waals surface area contributed by atoms with Crippen molar-refractivity contribution in [3.05, 3.63) is 0 Å². The maximum atomic E-state index is 11.2. The van der Waals surface area contributed by atoms with Gasteiger partial charge in [0.2, 0.25) is 0 Å². The van der Waals surface area contributed by atoms with E-state index < -0.39 is 9.84 Å². The number of sulfone groups is 1. The molecule has 0 aliphatic rings. The molecule has 5 nitrogen and oxygen atoms in total. The Balaban J connectivity index is 3.86. The molecule has 15 heavy (non-hydrogen) atoms. The lowest BCUT2D eigenvalue weighted by molar-refractivity contribution is -0.119. The molecule has 0 aliphatic heterocycles. The second-order valence-electron chi connectivity index (χ2n) is 3.32. The molecule has 0 fully saturated rings. The number of rotatable bonds is 8. The van der Waals surface area contributed by atoms with Crippen LogP contribution in [-0.2, 0) is 19.3 Å². The first kappa shape index (κ1) is 14.8. The Kier molecular flexibility index (Phi) is 7.08. The summed E-state index contributed by atoms with van der Waals surface area (Å²) in [5.74, 6) is 0.328. The average Bonchev–Trinajstić information content (AvgIpc) is 2.19. The van der Waals surface area contributed by atoms with Crippen molar-refractivity contribution in [2.75, 3.05) is 32.3 Å². The third-order valence-electron chi connectivity index (χ3n) is 2.19. The number of nitrogens with one attached hydrogen (secondary N) is 1. The van der Waals surface area contributed by atoms with E-state index >= 15 is 0 Å². The molecule has 0 bridgehead atoms. The Hall–Kier alpha value is -0.170. The van der Waals surface area contributed by atoms with Gasteiger partial charge in [0.25, 0.3) is 0 Å². The van der Waals surface area contributed by atoms with Crippen molar-refractivity contribution in [3.63, 3.8) is 0 Å². The zero-order chi connectivity index (χ0) is 11.9. The molecule has 0 aromatic heterocycles. The fourth-order valence-corrected chi connectivity index (χ4v) is 1.90. The zero-order valence-electron chi connectivity index (χ0n) is 9.82. The molecule has 1 atom stereocenters. The van der Waals surface area contributed by atoms with Crippen LogP contribution in [0, 0.1) is 0 Å². The molecule has 0 saturated heterocycles. The van der Waals surface area contributed by atoms with Gasteiger partial charge >= 0.3 is 0 Å². The molecule has 0 aliphatic carbocycles. The molecule has 0 aromatic carbocycles. The van der Waals surface area contributed by atoms with Crippen LogP contribution in [0.25, 0.3) is 0 Å². The van der Waals surface area contributed by atoms with Crippen molar-refractivity contribution in [2.24, 2.45) is 0 Å². The summed E-state index contributed by atoms with van der Waals surface area (Å²) < 4.78 is 32.4. The van der Waals surface area contributed by atoms with Crippen LogP contribution in [0.2, 0.25) is 0 Å². The number of hydrogen-bond acceptors (Lipinski definition) is 5. The van der Waals surface area contributed by atoms with Gasteiger partial charge < -0.3 is 14.8 Å². The maximum absolute atomic E-state index is 11.2. The molecular weight excluding hydrogens is 218 g/mol. The van der Waals surface area contributed by atoms with Gasteiger partial charge in [-0.05, 0) is 6.92 Å². The molecule has 1 unspecified atom stereocenters. The molecule has 0 saturated carbocycles. The van der Waals surface area contributed by atoms with E-state index in [1.807, 2.05) is 6.92 Å². The Morgan fingerprint density at radius 2 is 1.80 bits per heavy atom. The minimum absolute atomic E-state index is 0.0351. The highest BCUT2D eigenvalue weighted by molar-refractivity contribution is 7.91. The first-order valence-corrected chi connectivity index (χ1v) is 6.78. The molecule has 0 aromatic rings. The van der Waals surface area contributed by atoms with Gasteiger partial charge in [-0.25, -0.2) is 8.42 Å². The Labute approximate surface area is 92.1 Å². The van der Waals surface area contributed by atoms with Crippen molar-refractivity contribution < 1.29 is 17.9 Å². The van der Waals surface area contributed by atoms with Crippen LogP contribution in [0.4, 0.5) is 0 Å². The van der Waals surface area contributed by atoms with Gasteiger partial charge in [-0.2, -0.15) is 0 Å². The predicted molar refractivity (Wildman–Crippen MR) is 59.6 cm³/mol. The highest BCUT2D eigenvalue weighted by atomic mass is 32.2. The molecule has 1 N–H and O–H groups in total. The topological polar surface area (TPSA) is 64.6 Å². The standard InChI is InChI=1S/C9H21NO4S/c1-5-15(11,12)7-6-10-8(2)9(13-3)14-4/h8-10H,5-7H2,1-4H3. The third-order valence-corrected chi connectivity index (χ3v) is 3.90. The number of hydrogen-bond donors (Lipinski definition) is 1. The zero-order valence-corrected chi connectivity index (χ0v) is 10.6. The molecule has 0 amide bonds. The van der Waals surface area contributed by atoms with Crippen LogP contribution in [0.1, 0.15) is 13.8 Å². The van der Waals surface area contributed by atoms with Gasteiger partial charge in [0, 0.05) is 26.5 Å². The van der Waals surface area contributed by atoms with E-state index in [2.05, 4.69) is 5.32 Å². The van der Waals surface area contributed by atoms with Crippen LogP contribution in [0.3, 0.4) is 0 Å². The summed E-state index contributed by atoms with van der Waals surface area (Å²) in [6.45, 7) is 3.95. The normalized spacial score (nSPS) is 14.5. The summed E-state index contributed by atoms with van der Waals surface area (Å²) in [5.41, 5.74) is 0. The Morgan fingerprint density at radius 1 is 1.27 bits per heavy atom. The fraction of sp³-hybridized carbons (Fsp3) is 1.00. The van der Waals surface area contributed by atoms with Crippen molar-refractivity contribution in [1.82, 2.24) is 5.32 Å². The quantitative estimate of drug-likeness (QED) is 0.605. The Morgan fingerprint density at radius 3 is 2.20 bits per heavy atom. The first-order chi connectivity index (χ1) is 6.96. The van der Waals surface area contributed by atoms with E-state index in [0.29, 0.717) is 6.54 Å². The van der Waals surface area contributed by atoms with Gasteiger partial charge in [-0.15, -0.1) is 0 Å². The van der Waals surface area contributed by atoms with E-state index in [-0.39, 0.29) is 23.8 Å². The molecule has 0 spiro atoms. The molecule has 0 rings (SSSR count). The van der Waals surface area contributed by atoms with Crippen molar-refractivity contribution in [1.29, 1.82) is 0 Å². The van der Waals surface area contributed by atoms with Gasteiger partial charge in [0.05, 0.1) is 11.8 Å². The molecular formula is C9H21NO4S. The summed E-state index contributed by atoms with van der Waals surface area (Å²) in [6.07, 6.45) is -0.352. The fourth-order valence-electron chi connectivity index (χ4n) is 1.19. The predicted octanol–water partition coefficient (Wildman–Crippen LogP) is 0.0181. The largest absolute Gasteiger partial charge is 0.354 e. The summed E-state index contributed by atoms with van der Waals surface area (Å²) in [6, 6.07) is -0.0351. The molecule has 92 valence electrons. The molecule has 6 heteroatoms. The first-order valence-electron chi connectivity index (χ1n) is 4.96. The van der Waals surface area contributed by atoms with Gasteiger partial charge in [0.1, 0.15) is 0 Å². The lowest BCUT2D eigenvalue weighted by atomic mass is 10.3. The summed E-state index contributed by atoms with van der Waals surface area (Å²) in [5, 5.41) is 3.05. The third kappa shape index (κ3) is 6.09. The van der Waals surface area contributed by atoms with Crippen molar-refractivity contribution in [2.45, 2.75) is 26.2 Å². The van der Waals surface area contributed by atoms with Crippen LogP contribution in [0.15, 0.2) is 0 Å². The van der Waals surface area contributed by atoms with Crippen LogP contribution in [-0.4, -0.2) is 53.0 Å². The average molecular weight is 239 g/mol. The lowest BCUT2D eigenvalue weighted by Gasteiger charge is -2.22. The van der Waals surface area contributed by atoms with Crippen LogP contribution in [0.5, 0.6) is 0 Å². The second-order valence-corrected chi connectivity index (χ2v) is 5.79. The SMILES string of the molecule is CCS(=O)(=O)CCNC(C)C(OC)OC.